The number of carboxylic acid groups (broad SMARTS) is 2. The van der Waals surface area contributed by atoms with Crippen molar-refractivity contribution >= 4 is 41.5 Å². The van der Waals surface area contributed by atoms with Crippen LogP contribution in [0.5, 0.6) is 0 Å². The number of aliphatic hydroxyl groups is 1. The summed E-state index contributed by atoms with van der Waals surface area (Å²) in [7, 11) is 0. The van der Waals surface area contributed by atoms with Crippen LogP contribution < -0.4 is 21.7 Å². The number of nitrogens with two attached hydrogens (primary N) is 1. The van der Waals surface area contributed by atoms with Crippen LogP contribution in [0.3, 0.4) is 0 Å². The van der Waals surface area contributed by atoms with E-state index >= 15 is 0 Å². The van der Waals surface area contributed by atoms with E-state index < -0.39 is 90.8 Å². The average Bonchev–Trinajstić information content (AvgIpc) is 3.78. The fraction of sp³-hybridized carbons (Fsp3) is 0.630. The Bertz CT molecular complexity index is 1260. The van der Waals surface area contributed by atoms with Gasteiger partial charge in [0.1, 0.15) is 30.2 Å². The van der Waals surface area contributed by atoms with Gasteiger partial charge >= 0.3 is 11.9 Å². The van der Waals surface area contributed by atoms with E-state index in [2.05, 4.69) is 25.9 Å². The number of aliphatic hydroxyl groups excluding tert-OH is 1. The van der Waals surface area contributed by atoms with Crippen LogP contribution in [-0.2, 0) is 40.0 Å². The highest BCUT2D eigenvalue weighted by atomic mass is 16.4. The van der Waals surface area contributed by atoms with Crippen LogP contribution in [0.2, 0.25) is 0 Å². The summed E-state index contributed by atoms with van der Waals surface area (Å²) in [4.78, 5) is 97.6. The first-order valence-corrected chi connectivity index (χ1v) is 14.6. The van der Waals surface area contributed by atoms with Gasteiger partial charge in [0, 0.05) is 37.8 Å². The zero-order chi connectivity index (χ0) is 33.3. The number of nitrogens with zero attached hydrogens (tertiary/aromatic N) is 3. The number of H-pyrrole nitrogens is 1. The number of aromatic amines is 1. The van der Waals surface area contributed by atoms with E-state index in [1.165, 1.54) is 29.2 Å². The van der Waals surface area contributed by atoms with Gasteiger partial charge in [0.05, 0.1) is 19.0 Å². The largest absolute Gasteiger partial charge is 0.481 e. The van der Waals surface area contributed by atoms with Gasteiger partial charge in [-0.15, -0.1) is 0 Å². The van der Waals surface area contributed by atoms with Crippen LogP contribution in [0, 0.1) is 0 Å². The standard InChI is InChI=1S/C27H40N8O10/c1-14(28)22(39)33-18(12-36)25(42)35-9-3-5-20(35)26(43)34-8-2-4-19(34)24(41)32-17(10-15-11-29-13-30-15)23(40)31-16(27(44)45)6-7-21(37)38/h11,13-14,16-20,36H,2-10,12,28H2,1H3,(H,29,30)(H,31,40)(H,32,41)(H,33,39)(H,37,38)(H,44,45)/t14-,16-,17-,18-,19-,20-/m0/s1. The second kappa shape index (κ2) is 15.9. The van der Waals surface area contributed by atoms with Crippen molar-refractivity contribution in [1.29, 1.82) is 0 Å². The molecule has 0 unspecified atom stereocenters. The molecule has 2 saturated heterocycles. The lowest BCUT2D eigenvalue weighted by Gasteiger charge is -2.33. The molecule has 1 aromatic heterocycles. The van der Waals surface area contributed by atoms with Crippen molar-refractivity contribution in [3.63, 3.8) is 0 Å². The van der Waals surface area contributed by atoms with Gasteiger partial charge in [0.2, 0.25) is 29.5 Å². The number of rotatable bonds is 15. The summed E-state index contributed by atoms with van der Waals surface area (Å²) in [6.07, 6.45) is 3.27. The summed E-state index contributed by atoms with van der Waals surface area (Å²) in [5.41, 5.74) is 6.00. The highest BCUT2D eigenvalue weighted by molar-refractivity contribution is 5.97. The molecular formula is C27H40N8O10. The predicted molar refractivity (Wildman–Crippen MR) is 153 cm³/mol. The minimum absolute atomic E-state index is 0.107. The molecule has 3 rings (SSSR count). The van der Waals surface area contributed by atoms with E-state index in [0.29, 0.717) is 25.0 Å². The third-order valence-corrected chi connectivity index (χ3v) is 7.74. The number of carboxylic acids is 2. The Morgan fingerprint density at radius 1 is 0.956 bits per heavy atom. The first-order chi connectivity index (χ1) is 21.3. The molecule has 0 aliphatic carbocycles. The lowest BCUT2D eigenvalue weighted by Crippen LogP contribution is -2.59. The molecule has 2 fully saturated rings. The number of carbonyl (C=O) groups is 7. The fourth-order valence-electron chi connectivity index (χ4n) is 5.36. The Kier molecular flexibility index (Phi) is 12.4. The van der Waals surface area contributed by atoms with Gasteiger partial charge in [-0.3, -0.25) is 28.8 Å². The molecule has 2 aliphatic rings. The summed E-state index contributed by atoms with van der Waals surface area (Å²) in [5, 5.41) is 35.4. The first-order valence-electron chi connectivity index (χ1n) is 14.6. The molecule has 6 atom stereocenters. The van der Waals surface area contributed by atoms with Crippen molar-refractivity contribution in [2.24, 2.45) is 5.73 Å². The van der Waals surface area contributed by atoms with Crippen LogP contribution in [0.15, 0.2) is 12.5 Å². The second-order valence-corrected chi connectivity index (χ2v) is 11.1. The Hall–Kier alpha value is -4.58. The Balaban J connectivity index is 1.74. The number of nitrogens with one attached hydrogen (secondary N) is 4. The number of hydrogen-bond acceptors (Lipinski definition) is 10. The zero-order valence-electron chi connectivity index (χ0n) is 24.8. The molecule has 9 N–H and O–H groups in total. The molecule has 5 amide bonds. The van der Waals surface area contributed by atoms with E-state index in [1.54, 1.807) is 0 Å². The predicted octanol–water partition coefficient (Wildman–Crippen LogP) is -3.32. The molecule has 0 aromatic carbocycles. The van der Waals surface area contributed by atoms with Crippen LogP contribution in [0.4, 0.5) is 0 Å². The van der Waals surface area contributed by atoms with Gasteiger partial charge in [-0.05, 0) is 39.0 Å². The molecule has 248 valence electrons. The maximum absolute atomic E-state index is 13.7. The quantitative estimate of drug-likeness (QED) is 0.0939. The normalized spacial score (nSPS) is 20.5. The average molecular weight is 637 g/mol. The van der Waals surface area contributed by atoms with Gasteiger partial charge in [-0.1, -0.05) is 0 Å². The van der Waals surface area contributed by atoms with Crippen LogP contribution in [0.1, 0.15) is 51.1 Å². The van der Waals surface area contributed by atoms with Crippen molar-refractivity contribution in [1.82, 2.24) is 35.7 Å². The van der Waals surface area contributed by atoms with Crippen molar-refractivity contribution in [3.8, 4) is 0 Å². The number of aromatic nitrogens is 2. The molecular weight excluding hydrogens is 596 g/mol. The molecule has 2 aliphatic heterocycles. The Morgan fingerprint density at radius 3 is 2.18 bits per heavy atom. The number of likely N-dealkylation sites (tertiary alicyclic amines) is 2. The van der Waals surface area contributed by atoms with Gasteiger partial charge in [0.25, 0.3) is 0 Å². The number of hydrogen-bond donors (Lipinski definition) is 8. The van der Waals surface area contributed by atoms with Crippen LogP contribution >= 0.6 is 0 Å². The minimum Gasteiger partial charge on any atom is -0.481 e. The number of imidazole rings is 1. The Morgan fingerprint density at radius 2 is 1.60 bits per heavy atom. The SMILES string of the molecule is C[C@H](N)C(=O)N[C@@H](CO)C(=O)N1CCC[C@H]1C(=O)N1CCC[C@H]1C(=O)N[C@@H](Cc1cnc[nH]1)C(=O)N[C@@H](CCC(=O)O)C(=O)O. The van der Waals surface area contributed by atoms with Crippen molar-refractivity contribution in [2.75, 3.05) is 19.7 Å². The first kappa shape index (κ1) is 34.9. The Labute approximate surface area is 258 Å². The summed E-state index contributed by atoms with van der Waals surface area (Å²) in [6, 6.07) is -6.99. The molecule has 0 spiro atoms. The highest BCUT2D eigenvalue weighted by Crippen LogP contribution is 2.26. The molecule has 0 saturated carbocycles. The highest BCUT2D eigenvalue weighted by Gasteiger charge is 2.44. The van der Waals surface area contributed by atoms with Crippen molar-refractivity contribution in [2.45, 2.75) is 88.1 Å². The summed E-state index contributed by atoms with van der Waals surface area (Å²) in [6.45, 7) is 1.11. The molecule has 0 radical (unpaired) electrons. The van der Waals surface area contributed by atoms with Gasteiger partial charge in [0.15, 0.2) is 0 Å². The van der Waals surface area contributed by atoms with Gasteiger partial charge in [-0.25, -0.2) is 9.78 Å². The molecule has 18 heteroatoms. The van der Waals surface area contributed by atoms with Crippen molar-refractivity contribution < 1.29 is 48.9 Å². The third kappa shape index (κ3) is 9.21. The lowest BCUT2D eigenvalue weighted by molar-refractivity contribution is -0.148. The molecule has 0 bridgehead atoms. The maximum atomic E-state index is 13.7. The molecule has 1 aromatic rings. The molecule has 45 heavy (non-hydrogen) atoms. The summed E-state index contributed by atoms with van der Waals surface area (Å²) < 4.78 is 0. The van der Waals surface area contributed by atoms with E-state index in [9.17, 15) is 43.8 Å². The second-order valence-electron chi connectivity index (χ2n) is 11.1. The zero-order valence-corrected chi connectivity index (χ0v) is 24.8. The van der Waals surface area contributed by atoms with Crippen molar-refractivity contribution in [3.05, 3.63) is 18.2 Å². The van der Waals surface area contributed by atoms with Crippen LogP contribution in [0.25, 0.3) is 0 Å². The third-order valence-electron chi connectivity index (χ3n) is 7.74. The number of amides is 5. The van der Waals surface area contributed by atoms with E-state index in [-0.39, 0.29) is 32.4 Å². The van der Waals surface area contributed by atoms with E-state index in [4.69, 9.17) is 10.8 Å². The lowest BCUT2D eigenvalue weighted by atomic mass is 10.1. The summed E-state index contributed by atoms with van der Waals surface area (Å²) in [5.74, 6) is -6.04. The smallest absolute Gasteiger partial charge is 0.326 e. The minimum atomic E-state index is -1.52. The fourth-order valence-corrected chi connectivity index (χ4v) is 5.36. The monoisotopic (exact) mass is 636 g/mol. The van der Waals surface area contributed by atoms with E-state index in [0.717, 1.165) is 0 Å². The topological polar surface area (TPSA) is 277 Å². The van der Waals surface area contributed by atoms with E-state index in [1.807, 2.05) is 0 Å². The van der Waals surface area contributed by atoms with Gasteiger partial charge in [-0.2, -0.15) is 0 Å². The summed E-state index contributed by atoms with van der Waals surface area (Å²) >= 11 is 0. The number of carbonyl (C=O) groups excluding carboxylic acids is 5. The molecule has 18 nitrogen and oxygen atoms in total. The molecule has 3 heterocycles. The number of aliphatic carboxylic acids is 2. The van der Waals surface area contributed by atoms with Crippen LogP contribution in [-0.4, -0.2) is 133 Å². The maximum Gasteiger partial charge on any atom is 0.326 e. The van der Waals surface area contributed by atoms with Gasteiger partial charge < -0.3 is 51.8 Å².